The molecular weight excluding hydrogens is 260 g/mol. The molecule has 0 aliphatic rings. The molecule has 0 fully saturated rings. The van der Waals surface area contributed by atoms with Crippen molar-refractivity contribution < 1.29 is 29.7 Å². The Bertz CT molecular complexity index is 247. The fourth-order valence-corrected chi connectivity index (χ4v) is 0.461. The summed E-state index contributed by atoms with van der Waals surface area (Å²) in [5, 5.41) is 23.4. The maximum atomic E-state index is 10.0. The molecule has 0 saturated carbocycles. The fraction of sp³-hybridized carbons (Fsp3) is 0.667. The molecule has 0 radical (unpaired) electrons. The smallest absolute Gasteiger partial charge is 0.320 e. The SMILES string of the molecule is NCC(=O)O.NCC(=O)O.NCCCC(N)C(=O)O. The molecule has 11 N–H and O–H groups in total. The molecule has 1 atom stereocenters. The number of carboxylic acid groups (broad SMARTS) is 3. The second kappa shape index (κ2) is 16.2. The number of carbonyl (C=O) groups is 3. The van der Waals surface area contributed by atoms with E-state index in [0.29, 0.717) is 19.4 Å². The third-order valence-corrected chi connectivity index (χ3v) is 1.39. The molecule has 114 valence electrons. The van der Waals surface area contributed by atoms with Crippen LogP contribution in [0.5, 0.6) is 0 Å². The summed E-state index contributed by atoms with van der Waals surface area (Å²) in [5.41, 5.74) is 19.4. The summed E-state index contributed by atoms with van der Waals surface area (Å²) >= 11 is 0. The van der Waals surface area contributed by atoms with Gasteiger partial charge >= 0.3 is 17.9 Å². The van der Waals surface area contributed by atoms with Crippen LogP contribution in [0.25, 0.3) is 0 Å². The third kappa shape index (κ3) is 31.4. The molecule has 0 rings (SSSR count). The second-order valence-corrected chi connectivity index (χ2v) is 3.07. The first-order valence-corrected chi connectivity index (χ1v) is 5.25. The van der Waals surface area contributed by atoms with E-state index in [1.54, 1.807) is 0 Å². The molecule has 0 aliphatic heterocycles. The highest BCUT2D eigenvalue weighted by Gasteiger charge is 2.08. The number of aliphatic carboxylic acids is 3. The van der Waals surface area contributed by atoms with Crippen LogP contribution in [0.2, 0.25) is 0 Å². The average molecular weight is 282 g/mol. The zero-order chi connectivity index (χ0) is 15.8. The Morgan fingerprint density at radius 2 is 1.21 bits per heavy atom. The van der Waals surface area contributed by atoms with Crippen molar-refractivity contribution in [3.8, 4) is 0 Å². The maximum Gasteiger partial charge on any atom is 0.320 e. The first-order chi connectivity index (χ1) is 8.72. The molecule has 0 heterocycles. The number of carboxylic acids is 3. The van der Waals surface area contributed by atoms with Crippen molar-refractivity contribution in [2.75, 3.05) is 19.6 Å². The molecule has 0 spiro atoms. The van der Waals surface area contributed by atoms with E-state index in [4.69, 9.17) is 26.8 Å². The summed E-state index contributed by atoms with van der Waals surface area (Å²) in [4.78, 5) is 28.5. The Morgan fingerprint density at radius 1 is 0.895 bits per heavy atom. The van der Waals surface area contributed by atoms with Crippen LogP contribution < -0.4 is 22.9 Å². The lowest BCUT2D eigenvalue weighted by molar-refractivity contribution is -0.139. The highest BCUT2D eigenvalue weighted by molar-refractivity contribution is 5.72. The minimum absolute atomic E-state index is 0.278. The topological polar surface area (TPSA) is 216 Å². The van der Waals surface area contributed by atoms with E-state index in [1.807, 2.05) is 0 Å². The van der Waals surface area contributed by atoms with E-state index >= 15 is 0 Å². The summed E-state index contributed by atoms with van der Waals surface area (Å²) < 4.78 is 0. The summed E-state index contributed by atoms with van der Waals surface area (Å²) in [6.45, 7) is -0.0546. The lowest BCUT2D eigenvalue weighted by Crippen LogP contribution is -2.30. The van der Waals surface area contributed by atoms with E-state index in [0.717, 1.165) is 0 Å². The van der Waals surface area contributed by atoms with Gasteiger partial charge in [0.15, 0.2) is 0 Å². The van der Waals surface area contributed by atoms with Gasteiger partial charge in [0.25, 0.3) is 0 Å². The Balaban J connectivity index is -0.000000219. The van der Waals surface area contributed by atoms with Gasteiger partial charge in [0.2, 0.25) is 0 Å². The van der Waals surface area contributed by atoms with Crippen LogP contribution in [0.1, 0.15) is 12.8 Å². The van der Waals surface area contributed by atoms with Gasteiger partial charge in [0.05, 0.1) is 13.1 Å². The highest BCUT2D eigenvalue weighted by atomic mass is 16.4. The third-order valence-electron chi connectivity index (χ3n) is 1.39. The summed E-state index contributed by atoms with van der Waals surface area (Å²) in [6, 6.07) is -0.742. The van der Waals surface area contributed by atoms with Crippen molar-refractivity contribution >= 4 is 17.9 Å². The van der Waals surface area contributed by atoms with Gasteiger partial charge in [-0.3, -0.25) is 14.4 Å². The van der Waals surface area contributed by atoms with Gasteiger partial charge in [-0.05, 0) is 19.4 Å². The minimum Gasteiger partial charge on any atom is -0.480 e. The zero-order valence-corrected chi connectivity index (χ0v) is 10.5. The van der Waals surface area contributed by atoms with E-state index in [1.165, 1.54) is 0 Å². The first kappa shape index (κ1) is 22.4. The summed E-state index contributed by atoms with van der Waals surface area (Å²) in [5.74, 6) is -2.89. The molecule has 19 heavy (non-hydrogen) atoms. The number of nitrogens with two attached hydrogens (primary N) is 4. The highest BCUT2D eigenvalue weighted by Crippen LogP contribution is 1.91. The van der Waals surface area contributed by atoms with E-state index in [2.05, 4.69) is 11.5 Å². The van der Waals surface area contributed by atoms with E-state index < -0.39 is 23.9 Å². The molecule has 0 aliphatic carbocycles. The number of hydrogen-bond donors (Lipinski definition) is 7. The van der Waals surface area contributed by atoms with Gasteiger partial charge in [-0.2, -0.15) is 0 Å². The van der Waals surface area contributed by atoms with Crippen molar-refractivity contribution in [3.63, 3.8) is 0 Å². The molecule has 0 aromatic rings. The van der Waals surface area contributed by atoms with Crippen LogP contribution >= 0.6 is 0 Å². The first-order valence-electron chi connectivity index (χ1n) is 5.25. The lowest BCUT2D eigenvalue weighted by Gasteiger charge is -2.02. The monoisotopic (exact) mass is 282 g/mol. The lowest BCUT2D eigenvalue weighted by atomic mass is 10.2. The number of rotatable bonds is 6. The Hall–Kier alpha value is -1.75. The molecular formula is C9H22N4O6. The standard InChI is InChI=1S/C5H12N2O2.2C2H5NO2/c6-3-1-2-4(7)5(8)9;2*3-1-2(4)5/h4H,1-3,6-7H2,(H,8,9);2*1,3H2,(H,4,5). The average Bonchev–Trinajstić information content (AvgIpc) is 2.36. The molecule has 0 aromatic heterocycles. The molecule has 10 heteroatoms. The normalized spacial score (nSPS) is 10.1. The quantitative estimate of drug-likeness (QED) is 0.265. The predicted octanol–water partition coefficient (Wildman–Crippen LogP) is -2.80. The Morgan fingerprint density at radius 3 is 1.37 bits per heavy atom. The van der Waals surface area contributed by atoms with Crippen LogP contribution in [0.3, 0.4) is 0 Å². The molecule has 0 aromatic carbocycles. The fourth-order valence-electron chi connectivity index (χ4n) is 0.461. The van der Waals surface area contributed by atoms with Crippen LogP contribution in [0.15, 0.2) is 0 Å². The van der Waals surface area contributed by atoms with Gasteiger partial charge in [0, 0.05) is 0 Å². The van der Waals surface area contributed by atoms with Crippen molar-refractivity contribution in [2.45, 2.75) is 18.9 Å². The largest absolute Gasteiger partial charge is 0.480 e. The molecule has 0 saturated heterocycles. The Kier molecular flexibility index (Phi) is 19.2. The van der Waals surface area contributed by atoms with Gasteiger partial charge in [-0.15, -0.1) is 0 Å². The summed E-state index contributed by atoms with van der Waals surface area (Å²) in [7, 11) is 0. The molecule has 0 amide bonds. The van der Waals surface area contributed by atoms with E-state index in [-0.39, 0.29) is 13.1 Å². The van der Waals surface area contributed by atoms with Crippen molar-refractivity contribution in [3.05, 3.63) is 0 Å². The molecule has 10 nitrogen and oxygen atoms in total. The minimum atomic E-state index is -0.968. The van der Waals surface area contributed by atoms with Gasteiger partial charge in [-0.25, -0.2) is 0 Å². The van der Waals surface area contributed by atoms with Crippen molar-refractivity contribution in [1.29, 1.82) is 0 Å². The van der Waals surface area contributed by atoms with Crippen molar-refractivity contribution in [2.24, 2.45) is 22.9 Å². The summed E-state index contributed by atoms with van der Waals surface area (Å²) in [6.07, 6.45) is 1.14. The predicted molar refractivity (Wildman–Crippen MR) is 67.3 cm³/mol. The maximum absolute atomic E-state index is 10.0. The van der Waals surface area contributed by atoms with Gasteiger partial charge in [-0.1, -0.05) is 0 Å². The number of hydrogen-bond acceptors (Lipinski definition) is 7. The molecule has 1 unspecified atom stereocenters. The van der Waals surface area contributed by atoms with Crippen LogP contribution in [0.4, 0.5) is 0 Å². The van der Waals surface area contributed by atoms with Crippen molar-refractivity contribution in [1.82, 2.24) is 0 Å². The second-order valence-electron chi connectivity index (χ2n) is 3.07. The zero-order valence-electron chi connectivity index (χ0n) is 10.5. The van der Waals surface area contributed by atoms with Crippen LogP contribution in [-0.2, 0) is 14.4 Å². The Labute approximate surface area is 110 Å². The van der Waals surface area contributed by atoms with Gasteiger partial charge in [0.1, 0.15) is 6.04 Å². The van der Waals surface area contributed by atoms with Crippen LogP contribution in [-0.4, -0.2) is 58.9 Å². The van der Waals surface area contributed by atoms with Gasteiger partial charge < -0.3 is 38.3 Å². The van der Waals surface area contributed by atoms with Crippen LogP contribution in [0, 0.1) is 0 Å². The van der Waals surface area contributed by atoms with E-state index in [9.17, 15) is 14.4 Å². The molecule has 0 bridgehead atoms.